The van der Waals surface area contributed by atoms with E-state index >= 15 is 0 Å². The highest BCUT2D eigenvalue weighted by Crippen LogP contribution is 2.32. The Hall–Kier alpha value is -2.44. The van der Waals surface area contributed by atoms with Gasteiger partial charge < -0.3 is 9.15 Å². The Labute approximate surface area is 138 Å². The zero-order valence-electron chi connectivity index (χ0n) is 13.8. The van der Waals surface area contributed by atoms with Gasteiger partial charge in [-0.3, -0.25) is 4.90 Å². The van der Waals surface area contributed by atoms with Gasteiger partial charge in [0.25, 0.3) is 0 Å². The first kappa shape index (κ1) is 16.4. The molecule has 3 rings (SSSR count). The number of amides is 1. The molecule has 1 saturated heterocycles. The summed E-state index contributed by atoms with van der Waals surface area (Å²) in [4.78, 5) is 30.2. The maximum Gasteiger partial charge on any atom is 0.410 e. The van der Waals surface area contributed by atoms with Crippen molar-refractivity contribution >= 4 is 17.0 Å². The van der Waals surface area contributed by atoms with Crippen molar-refractivity contribution < 1.29 is 18.3 Å². The number of halogens is 1. The molecule has 7 heteroatoms. The second-order valence-corrected chi connectivity index (χ2v) is 6.81. The van der Waals surface area contributed by atoms with Crippen molar-refractivity contribution in [2.45, 2.75) is 45.3 Å². The highest BCUT2D eigenvalue weighted by molar-refractivity contribution is 5.77. The van der Waals surface area contributed by atoms with Crippen molar-refractivity contribution in [3.8, 4) is 0 Å². The first-order valence-electron chi connectivity index (χ1n) is 7.85. The zero-order chi connectivity index (χ0) is 17.5. The van der Waals surface area contributed by atoms with Crippen LogP contribution in [0.3, 0.4) is 0 Å². The first-order valence-corrected chi connectivity index (χ1v) is 7.85. The van der Waals surface area contributed by atoms with Crippen LogP contribution in [0.2, 0.25) is 0 Å². The molecule has 0 bridgehead atoms. The number of ether oxygens (including phenoxy) is 1. The highest BCUT2D eigenvalue weighted by Gasteiger charge is 2.36. The monoisotopic (exact) mass is 334 g/mol. The average molecular weight is 334 g/mol. The van der Waals surface area contributed by atoms with Gasteiger partial charge in [0, 0.05) is 6.54 Å². The molecule has 1 aliphatic rings. The van der Waals surface area contributed by atoms with Crippen LogP contribution in [0.4, 0.5) is 9.18 Å². The molecule has 1 amide bonds. The molecule has 2 aromatic rings. The fraction of sp³-hybridized carbons (Fsp3) is 0.471. The Morgan fingerprint density at radius 1 is 1.42 bits per heavy atom. The summed E-state index contributed by atoms with van der Waals surface area (Å²) < 4.78 is 24.4. The largest absolute Gasteiger partial charge is 0.444 e. The second kappa shape index (κ2) is 5.89. The van der Waals surface area contributed by atoms with E-state index in [-0.39, 0.29) is 16.8 Å². The Morgan fingerprint density at radius 3 is 2.88 bits per heavy atom. The summed E-state index contributed by atoms with van der Waals surface area (Å²) in [6, 6.07) is 3.73. The Bertz CT molecular complexity index is 841. The molecule has 1 aliphatic heterocycles. The maximum atomic E-state index is 13.8. The molecular formula is C17H19FN2O4. The number of fused-ring (bicyclic) bond motifs is 1. The Kier molecular flexibility index (Phi) is 4.03. The number of carbonyl (C=O) groups excluding carboxylic acids is 1. The molecule has 0 aliphatic carbocycles. The van der Waals surface area contributed by atoms with E-state index in [0.717, 1.165) is 6.42 Å². The lowest BCUT2D eigenvalue weighted by molar-refractivity contribution is 0.0201. The summed E-state index contributed by atoms with van der Waals surface area (Å²) in [5, 5.41) is -0.178. The molecule has 1 aromatic heterocycles. The van der Waals surface area contributed by atoms with Crippen LogP contribution < -0.4 is 5.63 Å². The van der Waals surface area contributed by atoms with Gasteiger partial charge in [0.05, 0.1) is 5.52 Å². The molecule has 24 heavy (non-hydrogen) atoms. The number of likely N-dealkylation sites (tertiary alicyclic amines) is 1. The number of rotatable bonds is 1. The number of carbonyl (C=O) groups is 1. The van der Waals surface area contributed by atoms with E-state index < -0.39 is 29.2 Å². The fourth-order valence-electron chi connectivity index (χ4n) is 2.80. The molecule has 128 valence electrons. The molecule has 0 saturated carbocycles. The van der Waals surface area contributed by atoms with E-state index in [1.807, 2.05) is 0 Å². The molecule has 6 nitrogen and oxygen atoms in total. The summed E-state index contributed by atoms with van der Waals surface area (Å²) in [6.45, 7) is 5.85. The number of aromatic nitrogens is 1. The molecule has 0 radical (unpaired) electrons. The normalized spacial score (nSPS) is 18.2. The molecule has 0 spiro atoms. The minimum absolute atomic E-state index is 0.112. The fourth-order valence-corrected chi connectivity index (χ4v) is 2.80. The summed E-state index contributed by atoms with van der Waals surface area (Å²) in [5.74, 6) is -0.558. The van der Waals surface area contributed by atoms with E-state index in [0.29, 0.717) is 13.0 Å². The second-order valence-electron chi connectivity index (χ2n) is 6.81. The van der Waals surface area contributed by atoms with E-state index in [4.69, 9.17) is 9.15 Å². The van der Waals surface area contributed by atoms with Gasteiger partial charge in [-0.2, -0.15) is 0 Å². The van der Waals surface area contributed by atoms with Crippen LogP contribution in [0.25, 0.3) is 10.9 Å². The molecule has 1 fully saturated rings. The summed E-state index contributed by atoms with van der Waals surface area (Å²) in [7, 11) is 0. The predicted octanol–water partition coefficient (Wildman–Crippen LogP) is 3.40. The van der Waals surface area contributed by atoms with Crippen LogP contribution in [0.1, 0.15) is 45.5 Å². The maximum absolute atomic E-state index is 13.8. The van der Waals surface area contributed by atoms with Gasteiger partial charge in [0.15, 0.2) is 0 Å². The summed E-state index contributed by atoms with van der Waals surface area (Å²) in [6.07, 6.45) is 0.876. The summed E-state index contributed by atoms with van der Waals surface area (Å²) >= 11 is 0. The number of benzene rings is 1. The van der Waals surface area contributed by atoms with Crippen LogP contribution in [0.5, 0.6) is 0 Å². The average Bonchev–Trinajstić information content (AvgIpc) is 2.94. The van der Waals surface area contributed by atoms with Crippen molar-refractivity contribution in [1.29, 1.82) is 0 Å². The molecular weight excluding hydrogens is 315 g/mol. The Balaban J connectivity index is 1.97. The van der Waals surface area contributed by atoms with Crippen molar-refractivity contribution in [3.63, 3.8) is 0 Å². The lowest BCUT2D eigenvalue weighted by atomic mass is 10.2. The lowest BCUT2D eigenvalue weighted by Crippen LogP contribution is -2.36. The van der Waals surface area contributed by atoms with Gasteiger partial charge >= 0.3 is 11.7 Å². The summed E-state index contributed by atoms with van der Waals surface area (Å²) in [5.41, 5.74) is -1.19. The van der Waals surface area contributed by atoms with E-state index in [1.54, 1.807) is 26.8 Å². The lowest BCUT2D eigenvalue weighted by Gasteiger charge is -2.27. The van der Waals surface area contributed by atoms with Gasteiger partial charge in [-0.15, -0.1) is 0 Å². The van der Waals surface area contributed by atoms with Crippen LogP contribution in [-0.4, -0.2) is 28.1 Å². The highest BCUT2D eigenvalue weighted by atomic mass is 19.1. The minimum atomic E-state index is -0.788. The third-order valence-electron chi connectivity index (χ3n) is 3.79. The van der Waals surface area contributed by atoms with Crippen LogP contribution in [0, 0.1) is 5.82 Å². The molecule has 1 atom stereocenters. The van der Waals surface area contributed by atoms with Crippen molar-refractivity contribution in [2.24, 2.45) is 0 Å². The SMILES string of the molecule is CC(C)(C)OC(=O)N1CCC[C@H]1c1nc2cccc(F)c2c(=O)o1. The van der Waals surface area contributed by atoms with Gasteiger partial charge in [-0.1, -0.05) is 6.07 Å². The van der Waals surface area contributed by atoms with E-state index in [2.05, 4.69) is 4.98 Å². The molecule has 0 unspecified atom stereocenters. The van der Waals surface area contributed by atoms with Gasteiger partial charge in [0.1, 0.15) is 22.8 Å². The van der Waals surface area contributed by atoms with Gasteiger partial charge in [-0.25, -0.2) is 19.0 Å². The zero-order valence-corrected chi connectivity index (χ0v) is 13.8. The number of hydrogen-bond acceptors (Lipinski definition) is 5. The molecule has 1 aromatic carbocycles. The standard InChI is InChI=1S/C17H19FN2O4/c1-17(2,3)24-16(22)20-9-5-8-12(20)14-19-11-7-4-6-10(18)13(11)15(21)23-14/h4,6-7,12H,5,8-9H2,1-3H3/t12-/m0/s1. The quantitative estimate of drug-likeness (QED) is 0.799. The predicted molar refractivity (Wildman–Crippen MR) is 85.2 cm³/mol. The third kappa shape index (κ3) is 3.11. The third-order valence-corrected chi connectivity index (χ3v) is 3.79. The minimum Gasteiger partial charge on any atom is -0.444 e. The van der Waals surface area contributed by atoms with Crippen molar-refractivity contribution in [3.05, 3.63) is 40.3 Å². The Morgan fingerprint density at radius 2 is 2.17 bits per heavy atom. The van der Waals surface area contributed by atoms with E-state index in [1.165, 1.54) is 17.0 Å². The number of hydrogen-bond donors (Lipinski definition) is 0. The molecule has 0 N–H and O–H groups in total. The van der Waals surface area contributed by atoms with Crippen molar-refractivity contribution in [2.75, 3.05) is 6.54 Å². The number of nitrogens with zero attached hydrogens (tertiary/aromatic N) is 2. The first-order chi connectivity index (χ1) is 11.3. The van der Waals surface area contributed by atoms with Crippen LogP contribution >= 0.6 is 0 Å². The van der Waals surface area contributed by atoms with Crippen molar-refractivity contribution in [1.82, 2.24) is 9.88 Å². The van der Waals surface area contributed by atoms with Crippen LogP contribution in [0.15, 0.2) is 27.4 Å². The van der Waals surface area contributed by atoms with E-state index in [9.17, 15) is 14.0 Å². The van der Waals surface area contributed by atoms with Gasteiger partial charge in [-0.05, 0) is 45.7 Å². The van der Waals surface area contributed by atoms with Gasteiger partial charge in [0.2, 0.25) is 5.89 Å². The van der Waals surface area contributed by atoms with Crippen LogP contribution in [-0.2, 0) is 4.74 Å². The topological polar surface area (TPSA) is 72.6 Å². The smallest absolute Gasteiger partial charge is 0.410 e. The molecule has 2 heterocycles.